The zero-order valence-electron chi connectivity index (χ0n) is 16.5. The van der Waals surface area contributed by atoms with Gasteiger partial charge in [0.25, 0.3) is 0 Å². The summed E-state index contributed by atoms with van der Waals surface area (Å²) in [5, 5.41) is 6.57. The third kappa shape index (κ3) is 5.42. The van der Waals surface area contributed by atoms with Gasteiger partial charge in [-0.1, -0.05) is 12.8 Å². The minimum atomic E-state index is -0.441. The first kappa shape index (κ1) is 20.6. The van der Waals surface area contributed by atoms with Gasteiger partial charge in [0.15, 0.2) is 5.96 Å². The average Bonchev–Trinajstić information content (AvgIpc) is 3.36. The second-order valence-electron chi connectivity index (χ2n) is 7.64. The maximum atomic E-state index is 13.7. The van der Waals surface area contributed by atoms with Crippen LogP contribution < -0.4 is 10.6 Å². The number of halogens is 2. The number of aliphatic imine (C=N–C) groups is 1. The van der Waals surface area contributed by atoms with Crippen molar-refractivity contribution in [1.82, 2.24) is 15.5 Å². The van der Waals surface area contributed by atoms with Crippen LogP contribution in [0.15, 0.2) is 23.2 Å². The Morgan fingerprint density at radius 1 is 1.25 bits per heavy atom. The van der Waals surface area contributed by atoms with Gasteiger partial charge >= 0.3 is 0 Å². The summed E-state index contributed by atoms with van der Waals surface area (Å²) in [5.41, 5.74) is 0.328. The van der Waals surface area contributed by atoms with Crippen molar-refractivity contribution in [3.8, 4) is 0 Å². The number of carbonyl (C=O) groups excluding carboxylic acids is 1. The van der Waals surface area contributed by atoms with Gasteiger partial charge in [-0.3, -0.25) is 9.79 Å². The molecule has 1 aliphatic carbocycles. The van der Waals surface area contributed by atoms with Gasteiger partial charge in [-0.15, -0.1) is 0 Å². The van der Waals surface area contributed by atoms with Gasteiger partial charge in [-0.2, -0.15) is 0 Å². The molecular formula is C21H30F2N4O. The fourth-order valence-electron chi connectivity index (χ4n) is 4.05. The highest BCUT2D eigenvalue weighted by Gasteiger charge is 2.32. The van der Waals surface area contributed by atoms with Crippen molar-refractivity contribution < 1.29 is 13.6 Å². The minimum absolute atomic E-state index is 0.161. The summed E-state index contributed by atoms with van der Waals surface area (Å²) in [6.07, 6.45) is 5.59. The van der Waals surface area contributed by atoms with Crippen LogP contribution in [0.5, 0.6) is 0 Å². The molecule has 1 aromatic carbocycles. The molecule has 0 aromatic heterocycles. The zero-order valence-corrected chi connectivity index (χ0v) is 16.5. The maximum Gasteiger partial charge on any atom is 0.225 e. The Morgan fingerprint density at radius 3 is 2.79 bits per heavy atom. The number of hydrogen-bond acceptors (Lipinski definition) is 2. The van der Waals surface area contributed by atoms with Crippen molar-refractivity contribution in [1.29, 1.82) is 0 Å². The van der Waals surface area contributed by atoms with Crippen molar-refractivity contribution >= 4 is 11.9 Å². The fraction of sp³-hybridized carbons (Fsp3) is 0.619. The average molecular weight is 392 g/mol. The molecule has 1 aromatic rings. The molecule has 5 nitrogen and oxygen atoms in total. The van der Waals surface area contributed by atoms with Crippen LogP contribution in [0.2, 0.25) is 0 Å². The molecule has 0 radical (unpaired) electrons. The molecule has 3 rings (SSSR count). The van der Waals surface area contributed by atoms with E-state index in [0.717, 1.165) is 50.8 Å². The molecule has 154 valence electrons. The monoisotopic (exact) mass is 392 g/mol. The number of nitrogens with one attached hydrogen (secondary N) is 2. The standard InChI is InChI=1S/C21H30F2N4O/c1-2-24-21(25-11-9-16-13-17(22)7-8-19(16)23)26-18-10-12-27(14-18)20(28)15-5-3-4-6-15/h7-8,13,15,18H,2-6,9-12,14H2,1H3,(H2,24,25,26). The van der Waals surface area contributed by atoms with Crippen molar-refractivity contribution in [3.63, 3.8) is 0 Å². The fourth-order valence-corrected chi connectivity index (χ4v) is 4.05. The van der Waals surface area contributed by atoms with Crippen LogP contribution in [0, 0.1) is 17.6 Å². The Kier molecular flexibility index (Phi) is 7.23. The molecule has 1 amide bonds. The van der Waals surface area contributed by atoms with E-state index in [1.54, 1.807) is 0 Å². The van der Waals surface area contributed by atoms with Crippen LogP contribution in [0.25, 0.3) is 0 Å². The van der Waals surface area contributed by atoms with Gasteiger partial charge in [-0.25, -0.2) is 8.78 Å². The molecule has 0 bridgehead atoms. The van der Waals surface area contributed by atoms with E-state index in [4.69, 9.17) is 0 Å². The largest absolute Gasteiger partial charge is 0.357 e. The van der Waals surface area contributed by atoms with Gasteiger partial charge < -0.3 is 15.5 Å². The normalized spacial score (nSPS) is 20.6. The summed E-state index contributed by atoms with van der Waals surface area (Å²) in [6.45, 7) is 4.51. The Hall–Kier alpha value is -2.18. The van der Waals surface area contributed by atoms with E-state index in [1.807, 2.05) is 11.8 Å². The van der Waals surface area contributed by atoms with Crippen molar-refractivity contribution in [2.24, 2.45) is 10.9 Å². The molecule has 2 fully saturated rings. The lowest BCUT2D eigenvalue weighted by Gasteiger charge is -2.21. The topological polar surface area (TPSA) is 56.7 Å². The number of hydrogen-bond donors (Lipinski definition) is 2. The second-order valence-corrected chi connectivity index (χ2v) is 7.64. The zero-order chi connectivity index (χ0) is 19.9. The molecule has 1 saturated carbocycles. The number of amides is 1. The summed E-state index contributed by atoms with van der Waals surface area (Å²) in [5.74, 6) is 0.307. The number of likely N-dealkylation sites (tertiary alicyclic amines) is 1. The summed E-state index contributed by atoms with van der Waals surface area (Å²) >= 11 is 0. The van der Waals surface area contributed by atoms with Crippen LogP contribution in [0.3, 0.4) is 0 Å². The molecular weight excluding hydrogens is 362 g/mol. The van der Waals surface area contributed by atoms with E-state index < -0.39 is 11.6 Å². The number of nitrogens with zero attached hydrogens (tertiary/aromatic N) is 2. The van der Waals surface area contributed by atoms with Crippen LogP contribution >= 0.6 is 0 Å². The van der Waals surface area contributed by atoms with Crippen LogP contribution in [0.4, 0.5) is 8.78 Å². The van der Waals surface area contributed by atoms with Gasteiger partial charge in [0.05, 0.1) is 0 Å². The minimum Gasteiger partial charge on any atom is -0.357 e. The molecule has 2 aliphatic rings. The van der Waals surface area contributed by atoms with Crippen LogP contribution in [-0.4, -0.2) is 49.0 Å². The third-order valence-corrected chi connectivity index (χ3v) is 5.55. The first-order valence-electron chi connectivity index (χ1n) is 10.3. The van der Waals surface area contributed by atoms with Gasteiger partial charge in [0.1, 0.15) is 11.6 Å². The van der Waals surface area contributed by atoms with E-state index in [1.165, 1.54) is 6.07 Å². The molecule has 28 heavy (non-hydrogen) atoms. The number of carbonyl (C=O) groups is 1. The predicted octanol–water partition coefficient (Wildman–Crippen LogP) is 2.85. The van der Waals surface area contributed by atoms with E-state index in [-0.39, 0.29) is 12.0 Å². The summed E-state index contributed by atoms with van der Waals surface area (Å²) in [7, 11) is 0. The van der Waals surface area contributed by atoms with E-state index in [2.05, 4.69) is 15.6 Å². The number of rotatable bonds is 6. The van der Waals surface area contributed by atoms with Gasteiger partial charge in [-0.05, 0) is 56.4 Å². The Balaban J connectivity index is 1.51. The molecule has 1 saturated heterocycles. The van der Waals surface area contributed by atoms with Crippen molar-refractivity contribution in [2.75, 3.05) is 26.2 Å². The Labute approximate surface area is 165 Å². The smallest absolute Gasteiger partial charge is 0.225 e. The van der Waals surface area contributed by atoms with E-state index in [0.29, 0.717) is 43.5 Å². The lowest BCUT2D eigenvalue weighted by atomic mass is 10.1. The molecule has 7 heteroatoms. The molecule has 1 unspecified atom stereocenters. The molecule has 2 N–H and O–H groups in total. The SMILES string of the molecule is CCNC(=NCCc1cc(F)ccc1F)NC1CCN(C(=O)C2CCCC2)C1. The quantitative estimate of drug-likeness (QED) is 0.578. The molecule has 0 spiro atoms. The maximum absolute atomic E-state index is 13.7. The third-order valence-electron chi connectivity index (χ3n) is 5.55. The second kappa shape index (κ2) is 9.85. The highest BCUT2D eigenvalue weighted by Crippen LogP contribution is 2.27. The summed E-state index contributed by atoms with van der Waals surface area (Å²) < 4.78 is 27.0. The highest BCUT2D eigenvalue weighted by atomic mass is 19.1. The van der Waals surface area contributed by atoms with E-state index >= 15 is 0 Å². The lowest BCUT2D eigenvalue weighted by Crippen LogP contribution is -2.45. The molecule has 1 atom stereocenters. The molecule has 1 heterocycles. The highest BCUT2D eigenvalue weighted by molar-refractivity contribution is 5.81. The first-order valence-corrected chi connectivity index (χ1v) is 10.3. The molecule has 1 aliphatic heterocycles. The lowest BCUT2D eigenvalue weighted by molar-refractivity contribution is -0.134. The van der Waals surface area contributed by atoms with Gasteiger partial charge in [0, 0.05) is 38.1 Å². The predicted molar refractivity (Wildman–Crippen MR) is 106 cm³/mol. The first-order chi connectivity index (χ1) is 13.6. The number of guanidine groups is 1. The Bertz CT molecular complexity index is 704. The number of benzene rings is 1. The Morgan fingerprint density at radius 2 is 2.04 bits per heavy atom. The van der Waals surface area contributed by atoms with Gasteiger partial charge in [0.2, 0.25) is 5.91 Å². The van der Waals surface area contributed by atoms with Crippen molar-refractivity contribution in [3.05, 3.63) is 35.4 Å². The van der Waals surface area contributed by atoms with Crippen LogP contribution in [0.1, 0.15) is 44.6 Å². The summed E-state index contributed by atoms with van der Waals surface area (Å²) in [4.78, 5) is 19.0. The van der Waals surface area contributed by atoms with E-state index in [9.17, 15) is 13.6 Å². The summed E-state index contributed by atoms with van der Waals surface area (Å²) in [6, 6.07) is 3.64. The van der Waals surface area contributed by atoms with Crippen LogP contribution in [-0.2, 0) is 11.2 Å². The van der Waals surface area contributed by atoms with Crippen molar-refractivity contribution in [2.45, 2.75) is 51.5 Å².